The van der Waals surface area contributed by atoms with E-state index in [4.69, 9.17) is 4.74 Å². The van der Waals surface area contributed by atoms with Crippen LogP contribution in [0.25, 0.3) is 0 Å². The van der Waals surface area contributed by atoms with Gasteiger partial charge in [-0.2, -0.15) is 4.31 Å². The normalized spacial score (nSPS) is 18.7. The zero-order chi connectivity index (χ0) is 18.9. The van der Waals surface area contributed by atoms with Gasteiger partial charge in [-0.15, -0.1) is 0 Å². The predicted octanol–water partition coefficient (Wildman–Crippen LogP) is 2.79. The fourth-order valence-electron chi connectivity index (χ4n) is 3.49. The Kier molecular flexibility index (Phi) is 5.32. The summed E-state index contributed by atoms with van der Waals surface area (Å²) in [5.41, 5.74) is 2.20. The van der Waals surface area contributed by atoms with Crippen molar-refractivity contribution in [2.24, 2.45) is 0 Å². The van der Waals surface area contributed by atoms with Crippen LogP contribution >= 0.6 is 0 Å². The summed E-state index contributed by atoms with van der Waals surface area (Å²) < 4.78 is 47.5. The van der Waals surface area contributed by atoms with Crippen molar-refractivity contribution in [2.75, 3.05) is 26.7 Å². The molecule has 1 N–H and O–H groups in total. The predicted molar refractivity (Wildman–Crippen MR) is 98.4 cm³/mol. The summed E-state index contributed by atoms with van der Waals surface area (Å²) in [6, 6.07) is 9.17. The van der Waals surface area contributed by atoms with Crippen molar-refractivity contribution in [3.8, 4) is 5.75 Å². The van der Waals surface area contributed by atoms with Crippen LogP contribution in [-0.4, -0.2) is 39.5 Å². The van der Waals surface area contributed by atoms with Gasteiger partial charge in [-0.3, -0.25) is 0 Å². The minimum Gasteiger partial charge on any atom is -0.495 e. The summed E-state index contributed by atoms with van der Waals surface area (Å²) >= 11 is 0. The zero-order valence-corrected chi connectivity index (χ0v) is 15.9. The second-order valence-corrected chi connectivity index (χ2v) is 8.33. The van der Waals surface area contributed by atoms with E-state index in [1.165, 1.54) is 23.5 Å². The minimum atomic E-state index is -3.82. The van der Waals surface area contributed by atoms with Crippen LogP contribution in [0.5, 0.6) is 5.75 Å². The SMILES string of the molecule is COc1cc(C)cc(C)c1S(=O)(=O)N1CCNCC1c1cccc(F)c1. The Morgan fingerprint density at radius 3 is 2.69 bits per heavy atom. The van der Waals surface area contributed by atoms with Gasteiger partial charge >= 0.3 is 0 Å². The van der Waals surface area contributed by atoms with Crippen molar-refractivity contribution in [1.29, 1.82) is 0 Å². The molecule has 0 aromatic heterocycles. The van der Waals surface area contributed by atoms with Crippen LogP contribution in [0.4, 0.5) is 4.39 Å². The molecule has 0 aliphatic carbocycles. The molecule has 2 aromatic rings. The Labute approximate surface area is 153 Å². The fraction of sp³-hybridized carbons (Fsp3) is 0.368. The van der Waals surface area contributed by atoms with Gasteiger partial charge in [-0.1, -0.05) is 18.2 Å². The summed E-state index contributed by atoms with van der Waals surface area (Å²) in [7, 11) is -2.35. The number of benzene rings is 2. The van der Waals surface area contributed by atoms with Gasteiger partial charge in [0.1, 0.15) is 16.5 Å². The second kappa shape index (κ2) is 7.34. The Balaban J connectivity index is 2.10. The Bertz CT molecular complexity index is 915. The fourth-order valence-corrected chi connectivity index (χ4v) is 5.45. The zero-order valence-electron chi connectivity index (χ0n) is 15.1. The third kappa shape index (κ3) is 3.47. The van der Waals surface area contributed by atoms with Crippen molar-refractivity contribution < 1.29 is 17.5 Å². The molecule has 1 saturated heterocycles. The van der Waals surface area contributed by atoms with E-state index in [9.17, 15) is 12.8 Å². The molecule has 140 valence electrons. The van der Waals surface area contributed by atoms with E-state index in [1.807, 2.05) is 13.0 Å². The summed E-state index contributed by atoms with van der Waals surface area (Å²) in [4.78, 5) is 0.175. The summed E-state index contributed by atoms with van der Waals surface area (Å²) in [6.07, 6.45) is 0. The summed E-state index contributed by atoms with van der Waals surface area (Å²) in [6.45, 7) is 4.93. The highest BCUT2D eigenvalue weighted by Crippen LogP contribution is 2.35. The van der Waals surface area contributed by atoms with Crippen LogP contribution in [0.2, 0.25) is 0 Å². The Hall–Kier alpha value is -1.96. The lowest BCUT2D eigenvalue weighted by Gasteiger charge is -2.36. The largest absolute Gasteiger partial charge is 0.495 e. The molecule has 1 heterocycles. The highest BCUT2D eigenvalue weighted by Gasteiger charge is 2.37. The van der Waals surface area contributed by atoms with Gasteiger partial charge in [-0.25, -0.2) is 12.8 Å². The van der Waals surface area contributed by atoms with Gasteiger partial charge in [-0.05, 0) is 48.7 Å². The third-order valence-corrected chi connectivity index (χ3v) is 6.69. The minimum absolute atomic E-state index is 0.175. The quantitative estimate of drug-likeness (QED) is 0.889. The molecular weight excluding hydrogens is 355 g/mol. The number of hydrogen-bond acceptors (Lipinski definition) is 4. The Morgan fingerprint density at radius 1 is 1.23 bits per heavy atom. The Morgan fingerprint density at radius 2 is 2.00 bits per heavy atom. The van der Waals surface area contributed by atoms with Crippen molar-refractivity contribution in [3.63, 3.8) is 0 Å². The van der Waals surface area contributed by atoms with Crippen molar-refractivity contribution in [3.05, 3.63) is 58.9 Å². The maximum atomic E-state index is 13.7. The first kappa shape index (κ1) is 18.8. The van der Waals surface area contributed by atoms with Gasteiger partial charge in [0.15, 0.2) is 0 Å². The number of rotatable bonds is 4. The summed E-state index contributed by atoms with van der Waals surface area (Å²) in [5, 5.41) is 3.20. The first-order valence-corrected chi connectivity index (χ1v) is 9.92. The number of nitrogens with zero attached hydrogens (tertiary/aromatic N) is 1. The van der Waals surface area contributed by atoms with E-state index < -0.39 is 16.1 Å². The number of ether oxygens (including phenoxy) is 1. The summed E-state index contributed by atoms with van der Waals surface area (Å²) in [5.74, 6) is -0.0476. The smallest absolute Gasteiger partial charge is 0.247 e. The lowest BCUT2D eigenvalue weighted by atomic mass is 10.1. The molecule has 1 unspecified atom stereocenters. The van der Waals surface area contributed by atoms with Crippen LogP contribution in [0, 0.1) is 19.7 Å². The molecule has 0 saturated carbocycles. The van der Waals surface area contributed by atoms with Crippen LogP contribution in [-0.2, 0) is 10.0 Å². The van der Waals surface area contributed by atoms with Gasteiger partial charge in [0.2, 0.25) is 10.0 Å². The number of sulfonamides is 1. The molecule has 1 atom stereocenters. The number of nitrogens with one attached hydrogen (secondary N) is 1. The number of hydrogen-bond donors (Lipinski definition) is 1. The molecule has 1 aliphatic heterocycles. The van der Waals surface area contributed by atoms with E-state index in [0.717, 1.165) is 5.56 Å². The van der Waals surface area contributed by atoms with E-state index in [0.29, 0.717) is 36.5 Å². The molecule has 0 radical (unpaired) electrons. The first-order chi connectivity index (χ1) is 12.3. The van der Waals surface area contributed by atoms with Crippen molar-refractivity contribution >= 4 is 10.0 Å². The van der Waals surface area contributed by atoms with Gasteiger partial charge < -0.3 is 10.1 Å². The van der Waals surface area contributed by atoms with Crippen LogP contribution in [0.1, 0.15) is 22.7 Å². The molecule has 2 aromatic carbocycles. The van der Waals surface area contributed by atoms with E-state index >= 15 is 0 Å². The molecule has 26 heavy (non-hydrogen) atoms. The first-order valence-electron chi connectivity index (χ1n) is 8.48. The second-order valence-electron chi connectivity index (χ2n) is 6.50. The van der Waals surface area contributed by atoms with Crippen molar-refractivity contribution in [1.82, 2.24) is 9.62 Å². The maximum Gasteiger partial charge on any atom is 0.247 e. The number of halogens is 1. The average Bonchev–Trinajstić information content (AvgIpc) is 2.60. The highest BCUT2D eigenvalue weighted by molar-refractivity contribution is 7.89. The van der Waals surface area contributed by atoms with Crippen LogP contribution in [0.3, 0.4) is 0 Å². The van der Waals surface area contributed by atoms with Crippen LogP contribution in [0.15, 0.2) is 41.3 Å². The maximum absolute atomic E-state index is 13.7. The molecular formula is C19H23FN2O3S. The lowest BCUT2D eigenvalue weighted by molar-refractivity contribution is 0.269. The molecule has 5 nitrogen and oxygen atoms in total. The number of piperazine rings is 1. The molecule has 0 bridgehead atoms. The highest BCUT2D eigenvalue weighted by atomic mass is 32.2. The molecule has 0 amide bonds. The molecule has 7 heteroatoms. The molecule has 1 fully saturated rings. The average molecular weight is 378 g/mol. The van der Waals surface area contributed by atoms with Crippen molar-refractivity contribution in [2.45, 2.75) is 24.8 Å². The van der Waals surface area contributed by atoms with Gasteiger partial charge in [0.25, 0.3) is 0 Å². The molecule has 1 aliphatic rings. The number of methoxy groups -OCH3 is 1. The number of aryl methyl sites for hydroxylation is 2. The van der Waals surface area contributed by atoms with E-state index in [1.54, 1.807) is 25.1 Å². The topological polar surface area (TPSA) is 58.6 Å². The van der Waals surface area contributed by atoms with E-state index in [2.05, 4.69) is 5.32 Å². The van der Waals surface area contributed by atoms with Gasteiger partial charge in [0.05, 0.1) is 13.2 Å². The lowest BCUT2D eigenvalue weighted by Crippen LogP contribution is -2.48. The third-order valence-electron chi connectivity index (χ3n) is 4.60. The standard InChI is InChI=1S/C19H23FN2O3S/c1-13-9-14(2)19(18(10-13)25-3)26(23,24)22-8-7-21-12-17(22)15-5-4-6-16(20)11-15/h4-6,9-11,17,21H,7-8,12H2,1-3H3. The monoisotopic (exact) mass is 378 g/mol. The van der Waals surface area contributed by atoms with E-state index in [-0.39, 0.29) is 10.7 Å². The van der Waals surface area contributed by atoms with Gasteiger partial charge in [0, 0.05) is 19.6 Å². The van der Waals surface area contributed by atoms with Crippen LogP contribution < -0.4 is 10.1 Å². The molecule has 3 rings (SSSR count). The molecule has 0 spiro atoms.